The van der Waals surface area contributed by atoms with Crippen LogP contribution >= 0.6 is 0 Å². The number of nitrogens with one attached hydrogen (secondary N) is 2. The highest BCUT2D eigenvalue weighted by molar-refractivity contribution is 7.92. The van der Waals surface area contributed by atoms with Gasteiger partial charge in [-0.2, -0.15) is 13.2 Å². The van der Waals surface area contributed by atoms with Crippen LogP contribution in [0.5, 0.6) is 0 Å². The fourth-order valence-electron chi connectivity index (χ4n) is 2.15. The van der Waals surface area contributed by atoms with E-state index in [2.05, 4.69) is 0 Å². The SMILES string of the molecule is CC(O)(NC(=O)c1ccc(S(=O)(=O)Nc2ccc(F)c(C(F)(F)F)c2)cc1)C(=O)O. The van der Waals surface area contributed by atoms with Crippen molar-refractivity contribution in [2.75, 3.05) is 4.72 Å². The molecule has 0 aliphatic rings. The number of halogens is 4. The number of sulfonamides is 1. The van der Waals surface area contributed by atoms with Crippen molar-refractivity contribution in [1.29, 1.82) is 0 Å². The maximum atomic E-state index is 13.3. The van der Waals surface area contributed by atoms with Crippen molar-refractivity contribution in [2.24, 2.45) is 0 Å². The molecule has 0 radical (unpaired) electrons. The Kier molecular flexibility index (Phi) is 6.09. The molecular weight excluding hydrogens is 436 g/mol. The Balaban J connectivity index is 2.24. The zero-order valence-electron chi connectivity index (χ0n) is 15.0. The van der Waals surface area contributed by atoms with E-state index in [1.54, 1.807) is 5.32 Å². The molecule has 0 aliphatic heterocycles. The molecule has 0 spiro atoms. The molecule has 0 saturated carbocycles. The first-order valence-corrected chi connectivity index (χ1v) is 9.40. The second-order valence-electron chi connectivity index (χ2n) is 6.15. The lowest BCUT2D eigenvalue weighted by atomic mass is 10.2. The van der Waals surface area contributed by atoms with Gasteiger partial charge in [-0.15, -0.1) is 0 Å². The summed E-state index contributed by atoms with van der Waals surface area (Å²) in [4.78, 5) is 22.3. The Labute approximate surface area is 167 Å². The van der Waals surface area contributed by atoms with Gasteiger partial charge in [-0.3, -0.25) is 9.52 Å². The number of carbonyl (C=O) groups excluding carboxylic acids is 1. The number of aliphatic hydroxyl groups is 1. The number of carboxylic acids is 1. The van der Waals surface area contributed by atoms with E-state index >= 15 is 0 Å². The molecule has 2 rings (SSSR count). The second-order valence-corrected chi connectivity index (χ2v) is 7.84. The van der Waals surface area contributed by atoms with E-state index in [0.717, 1.165) is 37.3 Å². The maximum absolute atomic E-state index is 13.3. The van der Waals surface area contributed by atoms with E-state index in [1.807, 2.05) is 4.72 Å². The van der Waals surface area contributed by atoms with Crippen molar-refractivity contribution in [1.82, 2.24) is 5.32 Å². The Morgan fingerprint density at radius 3 is 2.10 bits per heavy atom. The van der Waals surface area contributed by atoms with Crippen molar-refractivity contribution < 1.29 is 45.8 Å². The van der Waals surface area contributed by atoms with Gasteiger partial charge in [0.1, 0.15) is 5.82 Å². The standard InChI is InChI=1S/C17H14F4N2O6S/c1-16(27,15(25)26)22-14(24)9-2-5-11(6-3-9)30(28,29)23-10-4-7-13(18)12(8-10)17(19,20)21/h2-8,23,27H,1H3,(H,22,24)(H,25,26). The fraction of sp³-hybridized carbons (Fsp3) is 0.176. The van der Waals surface area contributed by atoms with Gasteiger partial charge in [0.25, 0.3) is 15.9 Å². The summed E-state index contributed by atoms with van der Waals surface area (Å²) in [6, 6.07) is 5.41. The molecule has 2 aromatic rings. The summed E-state index contributed by atoms with van der Waals surface area (Å²) in [5, 5.41) is 20.1. The van der Waals surface area contributed by atoms with Crippen LogP contribution in [0.4, 0.5) is 23.2 Å². The number of carbonyl (C=O) groups is 2. The van der Waals surface area contributed by atoms with E-state index in [4.69, 9.17) is 5.11 Å². The molecule has 13 heteroatoms. The number of hydrogen-bond acceptors (Lipinski definition) is 5. The molecular formula is C17H14F4N2O6S. The zero-order chi connectivity index (χ0) is 22.9. The van der Waals surface area contributed by atoms with Gasteiger partial charge in [-0.1, -0.05) is 0 Å². The second kappa shape index (κ2) is 7.91. The number of rotatable bonds is 6. The first kappa shape index (κ1) is 23.1. The third-order valence-electron chi connectivity index (χ3n) is 3.72. The van der Waals surface area contributed by atoms with Crippen LogP contribution in [0, 0.1) is 5.82 Å². The quantitative estimate of drug-likeness (QED) is 0.394. The van der Waals surface area contributed by atoms with Crippen LogP contribution in [-0.4, -0.2) is 36.2 Å². The molecule has 162 valence electrons. The van der Waals surface area contributed by atoms with E-state index in [-0.39, 0.29) is 5.56 Å². The molecule has 0 bridgehead atoms. The Bertz CT molecular complexity index is 1080. The summed E-state index contributed by atoms with van der Waals surface area (Å²) in [5.74, 6) is -4.32. The van der Waals surface area contributed by atoms with Gasteiger partial charge in [0.2, 0.25) is 5.72 Å². The summed E-state index contributed by atoms with van der Waals surface area (Å²) < 4.78 is 78.2. The predicted octanol–water partition coefficient (Wildman–Crippen LogP) is 2.17. The largest absolute Gasteiger partial charge is 0.478 e. The number of anilines is 1. The monoisotopic (exact) mass is 450 g/mol. The normalized spacial score (nSPS) is 13.9. The van der Waals surface area contributed by atoms with E-state index in [0.29, 0.717) is 12.1 Å². The smallest absolute Gasteiger partial charge is 0.419 e. The van der Waals surface area contributed by atoms with Gasteiger partial charge in [0.15, 0.2) is 0 Å². The minimum atomic E-state index is -5.03. The highest BCUT2D eigenvalue weighted by atomic mass is 32.2. The highest BCUT2D eigenvalue weighted by Crippen LogP contribution is 2.33. The van der Waals surface area contributed by atoms with Crippen molar-refractivity contribution >= 4 is 27.6 Å². The van der Waals surface area contributed by atoms with E-state index in [9.17, 15) is 40.7 Å². The van der Waals surface area contributed by atoms with E-state index < -0.39 is 55.8 Å². The zero-order valence-corrected chi connectivity index (χ0v) is 15.8. The lowest BCUT2D eigenvalue weighted by Crippen LogP contribution is -2.52. The predicted molar refractivity (Wildman–Crippen MR) is 94.4 cm³/mol. The fourth-order valence-corrected chi connectivity index (χ4v) is 3.20. The summed E-state index contributed by atoms with van der Waals surface area (Å²) in [7, 11) is -4.39. The van der Waals surface area contributed by atoms with Gasteiger partial charge >= 0.3 is 12.1 Å². The van der Waals surface area contributed by atoms with Crippen LogP contribution in [0.3, 0.4) is 0 Å². The maximum Gasteiger partial charge on any atom is 0.419 e. The van der Waals surface area contributed by atoms with Crippen molar-refractivity contribution in [2.45, 2.75) is 23.7 Å². The third-order valence-corrected chi connectivity index (χ3v) is 5.12. The average Bonchev–Trinajstić information content (AvgIpc) is 2.62. The van der Waals surface area contributed by atoms with Crippen molar-refractivity contribution in [3.8, 4) is 0 Å². The molecule has 0 aromatic heterocycles. The summed E-state index contributed by atoms with van der Waals surface area (Å²) in [5.41, 5.74) is -4.96. The third kappa shape index (κ3) is 5.24. The van der Waals surface area contributed by atoms with Gasteiger partial charge in [0, 0.05) is 11.3 Å². The molecule has 0 aliphatic carbocycles. The number of hydrogen-bond donors (Lipinski definition) is 4. The van der Waals surface area contributed by atoms with Crippen LogP contribution in [0.15, 0.2) is 47.4 Å². The van der Waals surface area contributed by atoms with Gasteiger partial charge in [-0.05, 0) is 49.4 Å². The Morgan fingerprint density at radius 1 is 1.03 bits per heavy atom. The van der Waals surface area contributed by atoms with Gasteiger partial charge in [0.05, 0.1) is 10.5 Å². The van der Waals surface area contributed by atoms with Gasteiger partial charge < -0.3 is 15.5 Å². The number of carboxylic acid groups (broad SMARTS) is 1. The molecule has 0 heterocycles. The number of alkyl halides is 3. The molecule has 1 unspecified atom stereocenters. The summed E-state index contributed by atoms with van der Waals surface area (Å²) in [6.45, 7) is 0.813. The highest BCUT2D eigenvalue weighted by Gasteiger charge is 2.35. The number of aliphatic carboxylic acids is 1. The Hall–Kier alpha value is -3.19. The summed E-state index contributed by atoms with van der Waals surface area (Å²) >= 11 is 0. The summed E-state index contributed by atoms with van der Waals surface area (Å²) in [6.07, 6.45) is -5.03. The molecule has 4 N–H and O–H groups in total. The van der Waals surface area contributed by atoms with Crippen molar-refractivity contribution in [3.05, 3.63) is 59.4 Å². The van der Waals surface area contributed by atoms with Gasteiger partial charge in [-0.25, -0.2) is 17.6 Å². The lowest BCUT2D eigenvalue weighted by molar-refractivity contribution is -0.158. The molecule has 1 amide bonds. The first-order chi connectivity index (χ1) is 13.6. The lowest BCUT2D eigenvalue weighted by Gasteiger charge is -2.19. The van der Waals surface area contributed by atoms with Crippen LogP contribution in [0.2, 0.25) is 0 Å². The molecule has 30 heavy (non-hydrogen) atoms. The molecule has 1 atom stereocenters. The number of amides is 1. The molecule has 0 fully saturated rings. The van der Waals surface area contributed by atoms with E-state index in [1.165, 1.54) is 0 Å². The average molecular weight is 450 g/mol. The van der Waals surface area contributed by atoms with Crippen LogP contribution in [-0.2, 0) is 21.0 Å². The molecule has 8 nitrogen and oxygen atoms in total. The first-order valence-electron chi connectivity index (χ1n) is 7.91. The molecule has 0 saturated heterocycles. The minimum Gasteiger partial charge on any atom is -0.478 e. The number of benzene rings is 2. The molecule has 2 aromatic carbocycles. The Morgan fingerprint density at radius 2 is 1.60 bits per heavy atom. The van der Waals surface area contributed by atoms with Crippen LogP contribution in [0.25, 0.3) is 0 Å². The topological polar surface area (TPSA) is 133 Å². The van der Waals surface area contributed by atoms with Crippen LogP contribution < -0.4 is 10.0 Å². The van der Waals surface area contributed by atoms with Crippen LogP contribution in [0.1, 0.15) is 22.8 Å². The minimum absolute atomic E-state index is 0.198. The van der Waals surface area contributed by atoms with Crippen molar-refractivity contribution in [3.63, 3.8) is 0 Å².